The molecular formula is C17H10BrClF3NO. The molecular weight excluding hydrogens is 407 g/mol. The van der Waals surface area contributed by atoms with Crippen LogP contribution in [0.1, 0.15) is 18.0 Å². The maximum Gasteiger partial charge on any atom is 0.173 e. The maximum atomic E-state index is 14.2. The third-order valence-corrected chi connectivity index (χ3v) is 4.71. The lowest BCUT2D eigenvalue weighted by molar-refractivity contribution is -0.115. The molecule has 1 unspecified atom stereocenters. The van der Waals surface area contributed by atoms with E-state index in [0.717, 1.165) is 0 Å². The second kappa shape index (κ2) is 6.61. The van der Waals surface area contributed by atoms with Crippen LogP contribution in [0.3, 0.4) is 0 Å². The van der Waals surface area contributed by atoms with E-state index in [2.05, 4.69) is 15.9 Å². The van der Waals surface area contributed by atoms with Crippen molar-refractivity contribution in [3.8, 4) is 0 Å². The lowest BCUT2D eigenvalue weighted by Gasteiger charge is -2.35. The summed E-state index contributed by atoms with van der Waals surface area (Å²) in [4.78, 5) is 13.5. The molecule has 1 aliphatic heterocycles. The van der Waals surface area contributed by atoms with Crippen LogP contribution in [0.4, 0.5) is 18.9 Å². The van der Waals surface area contributed by atoms with Crippen molar-refractivity contribution in [2.45, 2.75) is 12.5 Å². The number of ketones is 1. The summed E-state index contributed by atoms with van der Waals surface area (Å²) in [6.45, 7) is 0. The first-order valence-electron chi connectivity index (χ1n) is 6.96. The van der Waals surface area contributed by atoms with E-state index in [4.69, 9.17) is 11.6 Å². The van der Waals surface area contributed by atoms with Crippen molar-refractivity contribution in [1.29, 1.82) is 0 Å². The molecule has 0 aromatic heterocycles. The summed E-state index contributed by atoms with van der Waals surface area (Å²) in [5, 5.41) is 0.358. The largest absolute Gasteiger partial charge is 0.337 e. The summed E-state index contributed by atoms with van der Waals surface area (Å²) < 4.78 is 41.9. The fourth-order valence-corrected chi connectivity index (χ4v) is 3.28. The zero-order valence-corrected chi connectivity index (χ0v) is 14.4. The van der Waals surface area contributed by atoms with E-state index in [9.17, 15) is 18.0 Å². The number of hydrogen-bond acceptors (Lipinski definition) is 2. The Morgan fingerprint density at radius 1 is 1.12 bits per heavy atom. The molecule has 1 atom stereocenters. The number of Topliss-reactive ketones (excluding diaryl/α,β-unsaturated/α-hetero) is 1. The molecule has 2 aromatic carbocycles. The number of halogens is 5. The number of benzene rings is 2. The molecule has 3 rings (SSSR count). The Labute approximate surface area is 149 Å². The fourth-order valence-electron chi connectivity index (χ4n) is 2.67. The van der Waals surface area contributed by atoms with Crippen LogP contribution < -0.4 is 4.90 Å². The molecule has 124 valence electrons. The number of nitrogens with zero attached hydrogens (tertiary/aromatic N) is 1. The molecule has 2 aromatic rings. The number of allylic oxidation sites excluding steroid dienone is 1. The van der Waals surface area contributed by atoms with Crippen molar-refractivity contribution in [2.75, 3.05) is 4.90 Å². The minimum Gasteiger partial charge on any atom is -0.337 e. The van der Waals surface area contributed by atoms with Crippen molar-refractivity contribution < 1.29 is 18.0 Å². The van der Waals surface area contributed by atoms with Gasteiger partial charge in [-0.1, -0.05) is 23.7 Å². The van der Waals surface area contributed by atoms with Gasteiger partial charge in [0.15, 0.2) is 5.78 Å². The summed E-state index contributed by atoms with van der Waals surface area (Å²) in [7, 11) is 0. The van der Waals surface area contributed by atoms with Gasteiger partial charge in [0.25, 0.3) is 0 Å². The molecule has 0 bridgehead atoms. The number of anilines is 1. The summed E-state index contributed by atoms with van der Waals surface area (Å²) in [6.07, 6.45) is 1.25. The highest BCUT2D eigenvalue weighted by Crippen LogP contribution is 2.41. The maximum absolute atomic E-state index is 14.2. The molecule has 0 radical (unpaired) electrons. The van der Waals surface area contributed by atoms with Gasteiger partial charge in [-0.05, 0) is 28.1 Å². The van der Waals surface area contributed by atoms with Crippen LogP contribution in [0.15, 0.2) is 47.1 Å². The molecule has 0 aliphatic carbocycles. The Morgan fingerprint density at radius 2 is 1.75 bits per heavy atom. The number of carbonyl (C=O) groups excluding carboxylic acids is 1. The number of para-hydroxylation sites is 1. The van der Waals surface area contributed by atoms with E-state index in [1.165, 1.54) is 11.1 Å². The molecule has 0 fully saturated rings. The lowest BCUT2D eigenvalue weighted by Crippen LogP contribution is -2.32. The van der Waals surface area contributed by atoms with E-state index in [1.54, 1.807) is 24.3 Å². The molecule has 1 heterocycles. The monoisotopic (exact) mass is 415 g/mol. The van der Waals surface area contributed by atoms with Gasteiger partial charge in [-0.2, -0.15) is 0 Å². The van der Waals surface area contributed by atoms with Gasteiger partial charge in [-0.15, -0.1) is 0 Å². The van der Waals surface area contributed by atoms with Crippen LogP contribution in [0, 0.1) is 17.5 Å². The Hall–Kier alpha value is -1.79. The van der Waals surface area contributed by atoms with Gasteiger partial charge in [0, 0.05) is 30.3 Å². The molecule has 24 heavy (non-hydrogen) atoms. The van der Waals surface area contributed by atoms with Crippen LogP contribution in [0.25, 0.3) is 0 Å². The van der Waals surface area contributed by atoms with Crippen LogP contribution in [0.5, 0.6) is 0 Å². The topological polar surface area (TPSA) is 20.3 Å². The average molecular weight is 417 g/mol. The highest BCUT2D eigenvalue weighted by molar-refractivity contribution is 9.12. The van der Waals surface area contributed by atoms with Gasteiger partial charge in [-0.25, -0.2) is 13.2 Å². The minimum absolute atomic E-state index is 0.179. The first-order valence-corrected chi connectivity index (χ1v) is 8.13. The highest BCUT2D eigenvalue weighted by atomic mass is 79.9. The second-order valence-corrected chi connectivity index (χ2v) is 6.52. The smallest absolute Gasteiger partial charge is 0.173 e. The Balaban J connectivity index is 2.18. The highest BCUT2D eigenvalue weighted by Gasteiger charge is 2.33. The van der Waals surface area contributed by atoms with Gasteiger partial charge in [0.1, 0.15) is 17.5 Å². The van der Waals surface area contributed by atoms with Gasteiger partial charge in [0.05, 0.1) is 21.2 Å². The fraction of sp³-hybridized carbons (Fsp3) is 0.118. The van der Waals surface area contributed by atoms with E-state index >= 15 is 0 Å². The summed E-state index contributed by atoms with van der Waals surface area (Å²) in [5.74, 6) is -3.43. The standard InChI is InChI=1S/C17H10BrClF3NO/c18-10-8-23(14-4-2-1-3-11(14)19)15(7-16(10)24)17-12(21)5-9(20)6-13(17)22/h1-6,8,15H,7H2. The van der Waals surface area contributed by atoms with Crippen LogP contribution in [-0.2, 0) is 4.79 Å². The van der Waals surface area contributed by atoms with E-state index in [0.29, 0.717) is 22.8 Å². The van der Waals surface area contributed by atoms with E-state index < -0.39 is 23.5 Å². The SMILES string of the molecule is O=C1CC(c2c(F)cc(F)cc2F)N(c2ccccc2Cl)C=C1Br. The van der Waals surface area contributed by atoms with E-state index in [1.807, 2.05) is 0 Å². The predicted octanol–water partition coefficient (Wildman–Crippen LogP) is 5.51. The molecule has 0 N–H and O–H groups in total. The van der Waals surface area contributed by atoms with Gasteiger partial charge in [0.2, 0.25) is 0 Å². The summed E-state index contributed by atoms with van der Waals surface area (Å²) in [6, 6.07) is 6.95. The minimum atomic E-state index is -1.05. The summed E-state index contributed by atoms with van der Waals surface area (Å²) >= 11 is 9.32. The predicted molar refractivity (Wildman–Crippen MR) is 89.6 cm³/mol. The van der Waals surface area contributed by atoms with Crippen molar-refractivity contribution in [3.05, 3.63) is 75.1 Å². The van der Waals surface area contributed by atoms with E-state index in [-0.39, 0.29) is 22.2 Å². The van der Waals surface area contributed by atoms with Crippen LogP contribution >= 0.6 is 27.5 Å². The van der Waals surface area contributed by atoms with Crippen molar-refractivity contribution >= 4 is 39.0 Å². The first kappa shape index (κ1) is 17.0. The zero-order valence-electron chi connectivity index (χ0n) is 12.1. The lowest BCUT2D eigenvalue weighted by atomic mass is 9.95. The molecule has 2 nitrogen and oxygen atoms in total. The van der Waals surface area contributed by atoms with Gasteiger partial charge < -0.3 is 4.90 Å². The number of carbonyl (C=O) groups is 1. The third-order valence-electron chi connectivity index (χ3n) is 3.74. The third kappa shape index (κ3) is 3.08. The van der Waals surface area contributed by atoms with Crippen molar-refractivity contribution in [2.24, 2.45) is 0 Å². The zero-order chi connectivity index (χ0) is 17.4. The first-order chi connectivity index (χ1) is 11.4. The molecule has 7 heteroatoms. The molecule has 0 saturated carbocycles. The number of rotatable bonds is 2. The Kier molecular flexibility index (Phi) is 4.69. The van der Waals surface area contributed by atoms with Crippen molar-refractivity contribution in [3.63, 3.8) is 0 Å². The molecule has 0 spiro atoms. The molecule has 0 saturated heterocycles. The van der Waals surface area contributed by atoms with Gasteiger partial charge >= 0.3 is 0 Å². The van der Waals surface area contributed by atoms with Crippen LogP contribution in [0.2, 0.25) is 5.02 Å². The molecule has 1 aliphatic rings. The second-order valence-electron chi connectivity index (χ2n) is 5.26. The number of hydrogen-bond donors (Lipinski definition) is 0. The van der Waals surface area contributed by atoms with Crippen molar-refractivity contribution in [1.82, 2.24) is 0 Å². The Morgan fingerprint density at radius 3 is 2.38 bits per heavy atom. The molecule has 0 amide bonds. The van der Waals surface area contributed by atoms with Gasteiger partial charge in [-0.3, -0.25) is 4.79 Å². The Bertz CT molecular complexity index is 832. The average Bonchev–Trinajstić information content (AvgIpc) is 2.50. The normalized spacial score (nSPS) is 17.9. The van der Waals surface area contributed by atoms with Crippen LogP contribution in [-0.4, -0.2) is 5.78 Å². The summed E-state index contributed by atoms with van der Waals surface area (Å²) in [5.41, 5.74) is 0.109. The quantitative estimate of drug-likeness (QED) is 0.643.